The fourth-order valence-corrected chi connectivity index (χ4v) is 2.38. The number of halogens is 1. The summed E-state index contributed by atoms with van der Waals surface area (Å²) in [5, 5.41) is 1.09. The fraction of sp³-hybridized carbons (Fsp3) is 0.167. The number of para-hydroxylation sites is 1. The molecule has 3 heteroatoms. The lowest BCUT2D eigenvalue weighted by molar-refractivity contribution is 0.307. The average Bonchev–Trinajstić information content (AvgIpc) is 2.48. The maximum Gasteiger partial charge on any atom is 0.126 e. The zero-order valence-electron chi connectivity index (χ0n) is 12.1. The third-order valence-corrected chi connectivity index (χ3v) is 3.45. The summed E-state index contributed by atoms with van der Waals surface area (Å²) in [4.78, 5) is 4.51. The quantitative estimate of drug-likeness (QED) is 0.701. The summed E-state index contributed by atoms with van der Waals surface area (Å²) in [5.74, 6) is 0.458. The number of ether oxygens (including phenoxy) is 1. The van der Waals surface area contributed by atoms with Crippen molar-refractivity contribution in [3.63, 3.8) is 0 Å². The Kier molecular flexibility index (Phi) is 3.57. The molecule has 0 radical (unpaired) electrons. The molecule has 0 unspecified atom stereocenters. The van der Waals surface area contributed by atoms with Crippen molar-refractivity contribution in [3.8, 4) is 5.75 Å². The van der Waals surface area contributed by atoms with E-state index in [1.807, 2.05) is 37.3 Å². The van der Waals surface area contributed by atoms with Gasteiger partial charge in [-0.15, -0.1) is 0 Å². The van der Waals surface area contributed by atoms with Crippen LogP contribution >= 0.6 is 0 Å². The summed E-state index contributed by atoms with van der Waals surface area (Å²) in [6, 6.07) is 14.8. The number of pyridine rings is 1. The predicted molar refractivity (Wildman–Crippen MR) is 81.9 cm³/mol. The molecule has 2 nitrogen and oxygen atoms in total. The Morgan fingerprint density at radius 2 is 1.86 bits per heavy atom. The Morgan fingerprint density at radius 3 is 2.67 bits per heavy atom. The van der Waals surface area contributed by atoms with E-state index in [0.29, 0.717) is 17.9 Å². The Morgan fingerprint density at radius 1 is 1.05 bits per heavy atom. The van der Waals surface area contributed by atoms with Gasteiger partial charge in [0.25, 0.3) is 0 Å². The van der Waals surface area contributed by atoms with Crippen molar-refractivity contribution < 1.29 is 9.13 Å². The Labute approximate surface area is 123 Å². The van der Waals surface area contributed by atoms with Crippen LogP contribution in [0.5, 0.6) is 5.75 Å². The predicted octanol–water partition coefficient (Wildman–Crippen LogP) is 4.57. The molecular weight excluding hydrogens is 265 g/mol. The van der Waals surface area contributed by atoms with E-state index in [0.717, 1.165) is 22.2 Å². The van der Waals surface area contributed by atoms with E-state index in [-0.39, 0.29) is 5.82 Å². The van der Waals surface area contributed by atoms with Crippen LogP contribution in [0, 0.1) is 19.7 Å². The maximum atomic E-state index is 13.3. The normalized spacial score (nSPS) is 10.8. The van der Waals surface area contributed by atoms with E-state index in [4.69, 9.17) is 4.74 Å². The summed E-state index contributed by atoms with van der Waals surface area (Å²) in [6.45, 7) is 4.14. The molecule has 0 amide bonds. The molecule has 0 atom stereocenters. The average molecular weight is 281 g/mol. The third kappa shape index (κ3) is 2.87. The number of aromatic nitrogens is 1. The fourth-order valence-electron chi connectivity index (χ4n) is 2.38. The van der Waals surface area contributed by atoms with Gasteiger partial charge in [-0.2, -0.15) is 0 Å². The van der Waals surface area contributed by atoms with Crippen LogP contribution in [0.4, 0.5) is 4.39 Å². The van der Waals surface area contributed by atoms with Gasteiger partial charge in [-0.1, -0.05) is 18.2 Å². The molecule has 0 aliphatic carbocycles. The van der Waals surface area contributed by atoms with E-state index in [1.165, 1.54) is 6.07 Å². The molecule has 0 aliphatic rings. The number of benzene rings is 2. The molecule has 0 saturated carbocycles. The first-order chi connectivity index (χ1) is 10.1. The van der Waals surface area contributed by atoms with Crippen LogP contribution < -0.4 is 4.74 Å². The van der Waals surface area contributed by atoms with Gasteiger partial charge in [-0.3, -0.25) is 4.98 Å². The van der Waals surface area contributed by atoms with E-state index in [1.54, 1.807) is 19.1 Å². The SMILES string of the molecule is Cc1cc(COc2ccc(F)c(C)c2)c2ccccc2n1. The lowest BCUT2D eigenvalue weighted by Gasteiger charge is -2.10. The molecule has 2 aromatic carbocycles. The highest BCUT2D eigenvalue weighted by Gasteiger charge is 2.05. The van der Waals surface area contributed by atoms with Gasteiger partial charge >= 0.3 is 0 Å². The molecule has 0 spiro atoms. The molecule has 3 aromatic rings. The molecule has 0 bridgehead atoms. The molecule has 21 heavy (non-hydrogen) atoms. The summed E-state index contributed by atoms with van der Waals surface area (Å²) >= 11 is 0. The summed E-state index contributed by atoms with van der Waals surface area (Å²) < 4.78 is 19.1. The Balaban J connectivity index is 1.89. The summed E-state index contributed by atoms with van der Waals surface area (Å²) in [5.41, 5.74) is 3.59. The monoisotopic (exact) mass is 281 g/mol. The zero-order chi connectivity index (χ0) is 14.8. The van der Waals surface area contributed by atoms with Gasteiger partial charge in [0.05, 0.1) is 5.52 Å². The number of hydrogen-bond acceptors (Lipinski definition) is 2. The molecule has 0 fully saturated rings. The van der Waals surface area contributed by atoms with Crippen molar-refractivity contribution in [1.29, 1.82) is 0 Å². The number of hydrogen-bond donors (Lipinski definition) is 0. The second-order valence-corrected chi connectivity index (χ2v) is 5.14. The van der Waals surface area contributed by atoms with Gasteiger partial charge in [0.15, 0.2) is 0 Å². The summed E-state index contributed by atoms with van der Waals surface area (Å²) in [7, 11) is 0. The van der Waals surface area contributed by atoms with E-state index in [2.05, 4.69) is 4.98 Å². The van der Waals surface area contributed by atoms with Crippen molar-refractivity contribution in [1.82, 2.24) is 4.98 Å². The first-order valence-corrected chi connectivity index (χ1v) is 6.88. The van der Waals surface area contributed by atoms with Crippen LogP contribution in [-0.2, 0) is 6.61 Å². The van der Waals surface area contributed by atoms with Crippen LogP contribution in [0.2, 0.25) is 0 Å². The van der Waals surface area contributed by atoms with Crippen LogP contribution in [0.25, 0.3) is 10.9 Å². The second-order valence-electron chi connectivity index (χ2n) is 5.14. The molecule has 3 rings (SSSR count). The minimum atomic E-state index is -0.215. The van der Waals surface area contributed by atoms with E-state index < -0.39 is 0 Å². The third-order valence-electron chi connectivity index (χ3n) is 3.45. The lowest BCUT2D eigenvalue weighted by atomic mass is 10.1. The van der Waals surface area contributed by atoms with Gasteiger partial charge in [-0.25, -0.2) is 4.39 Å². The molecular formula is C18H16FNO. The van der Waals surface area contributed by atoms with Gasteiger partial charge in [0.2, 0.25) is 0 Å². The zero-order valence-corrected chi connectivity index (χ0v) is 12.1. The van der Waals surface area contributed by atoms with E-state index >= 15 is 0 Å². The molecule has 1 heterocycles. The highest BCUT2D eigenvalue weighted by atomic mass is 19.1. The van der Waals surface area contributed by atoms with Gasteiger partial charge < -0.3 is 4.74 Å². The molecule has 0 aliphatic heterocycles. The first kappa shape index (κ1) is 13.6. The lowest BCUT2D eigenvalue weighted by Crippen LogP contribution is -1.99. The number of rotatable bonds is 3. The van der Waals surface area contributed by atoms with Gasteiger partial charge in [0, 0.05) is 16.6 Å². The minimum Gasteiger partial charge on any atom is -0.489 e. The standard InChI is InChI=1S/C18H16FNO/c1-12-9-15(7-8-17(12)19)21-11-14-10-13(2)20-18-6-4-3-5-16(14)18/h3-10H,11H2,1-2H3. The van der Waals surface area contributed by atoms with Crippen LogP contribution in [0.1, 0.15) is 16.8 Å². The van der Waals surface area contributed by atoms with Crippen molar-refractivity contribution in [2.24, 2.45) is 0 Å². The number of fused-ring (bicyclic) bond motifs is 1. The molecule has 0 N–H and O–H groups in total. The van der Waals surface area contributed by atoms with E-state index in [9.17, 15) is 4.39 Å². The minimum absolute atomic E-state index is 0.215. The van der Waals surface area contributed by atoms with Crippen LogP contribution in [-0.4, -0.2) is 4.98 Å². The molecule has 0 saturated heterocycles. The Hall–Kier alpha value is -2.42. The maximum absolute atomic E-state index is 13.3. The highest BCUT2D eigenvalue weighted by Crippen LogP contribution is 2.21. The van der Waals surface area contributed by atoms with Gasteiger partial charge in [-0.05, 0) is 49.7 Å². The highest BCUT2D eigenvalue weighted by molar-refractivity contribution is 5.82. The van der Waals surface area contributed by atoms with Crippen LogP contribution in [0.3, 0.4) is 0 Å². The Bertz CT molecular complexity index is 798. The first-order valence-electron chi connectivity index (χ1n) is 6.88. The molecule has 106 valence electrons. The van der Waals surface area contributed by atoms with Crippen molar-refractivity contribution >= 4 is 10.9 Å². The van der Waals surface area contributed by atoms with Crippen molar-refractivity contribution in [2.75, 3.05) is 0 Å². The summed E-state index contributed by atoms with van der Waals surface area (Å²) in [6.07, 6.45) is 0. The largest absolute Gasteiger partial charge is 0.489 e. The smallest absolute Gasteiger partial charge is 0.126 e. The van der Waals surface area contributed by atoms with Gasteiger partial charge in [0.1, 0.15) is 18.2 Å². The number of nitrogens with zero attached hydrogens (tertiary/aromatic N) is 1. The van der Waals surface area contributed by atoms with Crippen molar-refractivity contribution in [3.05, 3.63) is 71.2 Å². The number of aryl methyl sites for hydroxylation is 2. The molecule has 1 aromatic heterocycles. The topological polar surface area (TPSA) is 22.1 Å². The van der Waals surface area contributed by atoms with Crippen molar-refractivity contribution in [2.45, 2.75) is 20.5 Å². The van der Waals surface area contributed by atoms with Crippen LogP contribution in [0.15, 0.2) is 48.5 Å². The second kappa shape index (κ2) is 5.52.